The predicted molar refractivity (Wildman–Crippen MR) is 107 cm³/mol. The summed E-state index contributed by atoms with van der Waals surface area (Å²) in [6, 6.07) is 11.0. The normalized spacial score (nSPS) is 14.4. The molecule has 1 saturated heterocycles. The molecule has 1 aromatic heterocycles. The molecule has 0 radical (unpaired) electrons. The Bertz CT molecular complexity index is 815. The van der Waals surface area contributed by atoms with Gasteiger partial charge in [-0.05, 0) is 36.4 Å². The smallest absolute Gasteiger partial charge is 0.258 e. The number of pyridine rings is 1. The lowest BCUT2D eigenvalue weighted by Crippen LogP contribution is -2.49. The first-order chi connectivity index (χ1) is 13.0. The van der Waals surface area contributed by atoms with Crippen molar-refractivity contribution >= 4 is 34.8 Å². The zero-order valence-corrected chi connectivity index (χ0v) is 16.2. The van der Waals surface area contributed by atoms with E-state index in [1.54, 1.807) is 18.3 Å². The summed E-state index contributed by atoms with van der Waals surface area (Å²) in [5, 5.41) is 3.01. The third-order valence-corrected chi connectivity index (χ3v) is 4.88. The largest absolute Gasteiger partial charge is 0.368 e. The highest BCUT2D eigenvalue weighted by Crippen LogP contribution is 2.21. The van der Waals surface area contributed by atoms with Gasteiger partial charge < -0.3 is 15.1 Å². The number of nitrogens with one attached hydrogen (secondary N) is 1. The van der Waals surface area contributed by atoms with Gasteiger partial charge in [-0.2, -0.15) is 0 Å². The molecule has 6 nitrogen and oxygen atoms in total. The van der Waals surface area contributed by atoms with Gasteiger partial charge in [-0.15, -0.1) is 0 Å². The Morgan fingerprint density at radius 2 is 1.74 bits per heavy atom. The van der Waals surface area contributed by atoms with Crippen LogP contribution in [0.5, 0.6) is 0 Å². The Labute approximate surface area is 164 Å². The molecule has 2 amide bonds. The van der Waals surface area contributed by atoms with Crippen LogP contribution in [0.25, 0.3) is 0 Å². The van der Waals surface area contributed by atoms with Crippen LogP contribution in [-0.4, -0.2) is 47.9 Å². The fraction of sp³-hybridized carbons (Fsp3) is 0.350. The van der Waals surface area contributed by atoms with E-state index in [0.29, 0.717) is 11.3 Å². The Kier molecular flexibility index (Phi) is 5.96. The zero-order valence-electron chi connectivity index (χ0n) is 15.5. The third kappa shape index (κ3) is 4.57. The predicted octanol–water partition coefficient (Wildman–Crippen LogP) is 3.29. The van der Waals surface area contributed by atoms with Crippen molar-refractivity contribution in [1.29, 1.82) is 0 Å². The molecule has 1 aliphatic heterocycles. The van der Waals surface area contributed by atoms with Gasteiger partial charge in [-0.3, -0.25) is 9.59 Å². The summed E-state index contributed by atoms with van der Waals surface area (Å²) in [5.41, 5.74) is 2.11. The van der Waals surface area contributed by atoms with Crippen LogP contribution in [0, 0.1) is 5.92 Å². The number of halogens is 1. The highest BCUT2D eigenvalue weighted by atomic mass is 35.5. The average molecular weight is 387 g/mol. The SMILES string of the molecule is CC(C)C(=O)N1CCN(c2ccc(NC(=O)c3cccnc3Cl)cc2)CC1. The average Bonchev–Trinajstić information content (AvgIpc) is 2.68. The molecule has 2 aromatic rings. The fourth-order valence-electron chi connectivity index (χ4n) is 3.06. The standard InChI is InChI=1S/C20H23ClN4O2/c1-14(2)20(27)25-12-10-24(11-13-25)16-7-5-15(6-8-16)23-19(26)17-4-3-9-22-18(17)21/h3-9,14H,10-13H2,1-2H3,(H,23,26). The van der Waals surface area contributed by atoms with Crippen molar-refractivity contribution in [2.75, 3.05) is 36.4 Å². The molecule has 1 fully saturated rings. The number of piperazine rings is 1. The van der Waals surface area contributed by atoms with Gasteiger partial charge in [-0.25, -0.2) is 4.98 Å². The summed E-state index contributed by atoms with van der Waals surface area (Å²) in [5.74, 6) is -0.0452. The number of aromatic nitrogens is 1. The molecule has 0 spiro atoms. The maximum Gasteiger partial charge on any atom is 0.258 e. The van der Waals surface area contributed by atoms with E-state index in [9.17, 15) is 9.59 Å². The van der Waals surface area contributed by atoms with Gasteiger partial charge >= 0.3 is 0 Å². The first-order valence-corrected chi connectivity index (χ1v) is 9.39. The number of benzene rings is 1. The molecule has 1 N–H and O–H groups in total. The molecule has 0 bridgehead atoms. The first kappa shape index (κ1) is 19.2. The van der Waals surface area contributed by atoms with Crippen molar-refractivity contribution in [2.24, 2.45) is 5.92 Å². The molecule has 1 aromatic carbocycles. The van der Waals surface area contributed by atoms with Gasteiger partial charge in [0.2, 0.25) is 5.91 Å². The van der Waals surface area contributed by atoms with Gasteiger partial charge in [-0.1, -0.05) is 25.4 Å². The molecule has 0 aliphatic carbocycles. The lowest BCUT2D eigenvalue weighted by atomic mass is 10.1. The molecular formula is C20H23ClN4O2. The monoisotopic (exact) mass is 386 g/mol. The molecule has 27 heavy (non-hydrogen) atoms. The zero-order chi connectivity index (χ0) is 19.4. The Morgan fingerprint density at radius 1 is 1.07 bits per heavy atom. The van der Waals surface area contributed by atoms with Crippen LogP contribution in [-0.2, 0) is 4.79 Å². The van der Waals surface area contributed by atoms with E-state index in [1.807, 2.05) is 43.0 Å². The first-order valence-electron chi connectivity index (χ1n) is 9.01. The number of hydrogen-bond acceptors (Lipinski definition) is 4. The number of carbonyl (C=O) groups is 2. The lowest BCUT2D eigenvalue weighted by molar-refractivity contribution is -0.134. The van der Waals surface area contributed by atoms with E-state index in [2.05, 4.69) is 15.2 Å². The second-order valence-electron chi connectivity index (χ2n) is 6.81. The minimum absolute atomic E-state index is 0.0350. The fourth-order valence-corrected chi connectivity index (χ4v) is 3.26. The Morgan fingerprint density at radius 3 is 2.33 bits per heavy atom. The highest BCUT2D eigenvalue weighted by Gasteiger charge is 2.23. The van der Waals surface area contributed by atoms with Gasteiger partial charge in [0.15, 0.2) is 0 Å². The van der Waals surface area contributed by atoms with Crippen LogP contribution in [0.1, 0.15) is 24.2 Å². The number of anilines is 2. The van der Waals surface area contributed by atoms with Crippen LogP contribution in [0.15, 0.2) is 42.6 Å². The molecule has 2 heterocycles. The number of nitrogens with zero attached hydrogens (tertiary/aromatic N) is 3. The lowest BCUT2D eigenvalue weighted by Gasteiger charge is -2.37. The summed E-state index contributed by atoms with van der Waals surface area (Å²) in [4.78, 5) is 32.5. The molecule has 3 rings (SSSR count). The van der Waals surface area contributed by atoms with Crippen LogP contribution in [0.4, 0.5) is 11.4 Å². The Balaban J connectivity index is 1.59. The van der Waals surface area contributed by atoms with Crippen molar-refractivity contribution < 1.29 is 9.59 Å². The maximum atomic E-state index is 12.3. The molecule has 142 valence electrons. The van der Waals surface area contributed by atoms with Crippen molar-refractivity contribution in [2.45, 2.75) is 13.8 Å². The molecular weight excluding hydrogens is 364 g/mol. The maximum absolute atomic E-state index is 12.3. The molecule has 0 saturated carbocycles. The minimum Gasteiger partial charge on any atom is -0.368 e. The Hall–Kier alpha value is -2.60. The molecule has 0 unspecified atom stereocenters. The van der Waals surface area contributed by atoms with Gasteiger partial charge in [0.05, 0.1) is 5.56 Å². The van der Waals surface area contributed by atoms with E-state index >= 15 is 0 Å². The molecule has 1 aliphatic rings. The van der Waals surface area contributed by atoms with E-state index in [1.165, 1.54) is 0 Å². The van der Waals surface area contributed by atoms with Gasteiger partial charge in [0.25, 0.3) is 5.91 Å². The summed E-state index contributed by atoms with van der Waals surface area (Å²) in [6.07, 6.45) is 1.54. The van der Waals surface area contributed by atoms with Crippen LogP contribution in [0.2, 0.25) is 5.15 Å². The van der Waals surface area contributed by atoms with E-state index in [-0.39, 0.29) is 22.9 Å². The van der Waals surface area contributed by atoms with Crippen LogP contribution in [0.3, 0.4) is 0 Å². The molecule has 7 heteroatoms. The van der Waals surface area contributed by atoms with E-state index < -0.39 is 0 Å². The quantitative estimate of drug-likeness (QED) is 0.819. The summed E-state index contributed by atoms with van der Waals surface area (Å²) < 4.78 is 0. The van der Waals surface area contributed by atoms with Crippen LogP contribution < -0.4 is 10.2 Å². The van der Waals surface area contributed by atoms with Crippen LogP contribution >= 0.6 is 11.6 Å². The number of amides is 2. The number of hydrogen-bond donors (Lipinski definition) is 1. The topological polar surface area (TPSA) is 65.5 Å². The second kappa shape index (κ2) is 8.39. The van der Waals surface area contributed by atoms with E-state index in [4.69, 9.17) is 11.6 Å². The summed E-state index contributed by atoms with van der Waals surface area (Å²) in [7, 11) is 0. The summed E-state index contributed by atoms with van der Waals surface area (Å²) in [6.45, 7) is 6.93. The molecule has 0 atom stereocenters. The summed E-state index contributed by atoms with van der Waals surface area (Å²) >= 11 is 5.96. The van der Waals surface area contributed by atoms with Crippen molar-refractivity contribution in [3.63, 3.8) is 0 Å². The third-order valence-electron chi connectivity index (χ3n) is 4.58. The minimum atomic E-state index is -0.290. The number of rotatable bonds is 4. The van der Waals surface area contributed by atoms with Gasteiger partial charge in [0, 0.05) is 49.7 Å². The van der Waals surface area contributed by atoms with Crippen molar-refractivity contribution in [3.05, 3.63) is 53.3 Å². The second-order valence-corrected chi connectivity index (χ2v) is 7.17. The van der Waals surface area contributed by atoms with Crippen molar-refractivity contribution in [1.82, 2.24) is 9.88 Å². The van der Waals surface area contributed by atoms with E-state index in [0.717, 1.165) is 31.9 Å². The number of carbonyl (C=O) groups excluding carboxylic acids is 2. The van der Waals surface area contributed by atoms with Gasteiger partial charge in [0.1, 0.15) is 5.15 Å². The van der Waals surface area contributed by atoms with Crippen molar-refractivity contribution in [3.8, 4) is 0 Å². The highest BCUT2D eigenvalue weighted by molar-refractivity contribution is 6.33.